The van der Waals surface area contributed by atoms with E-state index in [9.17, 15) is 34.1 Å². The monoisotopic (exact) mass is 635 g/mol. The molecule has 0 aliphatic heterocycles. The molecule has 0 aromatic heterocycles. The number of carboxylic acid groups (broad SMARTS) is 1. The van der Waals surface area contributed by atoms with Crippen molar-refractivity contribution < 1.29 is 47.8 Å². The van der Waals surface area contributed by atoms with Crippen molar-refractivity contribution >= 4 is 25.7 Å². The van der Waals surface area contributed by atoms with Gasteiger partial charge >= 0.3 is 19.8 Å². The van der Waals surface area contributed by atoms with Gasteiger partial charge in [0, 0.05) is 12.8 Å². The van der Waals surface area contributed by atoms with Gasteiger partial charge in [0.05, 0.1) is 13.2 Å². The summed E-state index contributed by atoms with van der Waals surface area (Å²) in [6.07, 6.45) is 21.8. The summed E-state index contributed by atoms with van der Waals surface area (Å²) in [6.45, 7) is 2.39. The van der Waals surface area contributed by atoms with E-state index >= 15 is 0 Å². The van der Waals surface area contributed by atoms with E-state index in [4.69, 9.17) is 9.26 Å². The summed E-state index contributed by atoms with van der Waals surface area (Å²) in [4.78, 5) is 45.1. The summed E-state index contributed by atoms with van der Waals surface area (Å²) < 4.78 is 26.4. The number of aliphatic hydroxyl groups excluding tert-OH is 1. The molecular formula is C31H58NO10P. The van der Waals surface area contributed by atoms with Gasteiger partial charge < -0.3 is 25.2 Å². The number of carboxylic acids is 1. The van der Waals surface area contributed by atoms with Crippen molar-refractivity contribution in [3.8, 4) is 0 Å². The summed E-state index contributed by atoms with van der Waals surface area (Å²) in [5.41, 5.74) is 0. The maximum Gasteiger partial charge on any atom is 0.472 e. The van der Waals surface area contributed by atoms with Crippen LogP contribution in [0.1, 0.15) is 136 Å². The van der Waals surface area contributed by atoms with E-state index in [0.29, 0.717) is 12.8 Å². The van der Waals surface area contributed by atoms with Gasteiger partial charge in [0.1, 0.15) is 12.7 Å². The normalized spacial score (nSPS) is 14.3. The fourth-order valence-electron chi connectivity index (χ4n) is 4.19. The van der Waals surface area contributed by atoms with Crippen LogP contribution in [-0.2, 0) is 32.7 Å². The van der Waals surface area contributed by atoms with Gasteiger partial charge in [0.15, 0.2) is 6.04 Å². The highest BCUT2D eigenvalue weighted by atomic mass is 31.2. The van der Waals surface area contributed by atoms with Gasteiger partial charge in [-0.15, -0.1) is 0 Å². The van der Waals surface area contributed by atoms with Gasteiger partial charge in [-0.2, -0.15) is 0 Å². The third-order valence-corrected chi connectivity index (χ3v) is 7.76. The van der Waals surface area contributed by atoms with Crippen molar-refractivity contribution in [1.29, 1.82) is 0 Å². The number of unbranched alkanes of at least 4 members (excludes halogenated alkanes) is 14. The van der Waals surface area contributed by atoms with Crippen LogP contribution in [0.2, 0.25) is 0 Å². The molecule has 0 saturated heterocycles. The number of ether oxygens (including phenoxy) is 1. The molecule has 11 nitrogen and oxygen atoms in total. The number of amides is 1. The second-order valence-electron chi connectivity index (χ2n) is 11.0. The zero-order valence-electron chi connectivity index (χ0n) is 26.5. The molecule has 3 atom stereocenters. The number of phosphoric ester groups is 1. The van der Waals surface area contributed by atoms with Crippen LogP contribution >= 0.6 is 7.82 Å². The zero-order chi connectivity index (χ0) is 32.2. The topological polar surface area (TPSA) is 169 Å². The van der Waals surface area contributed by atoms with Crippen LogP contribution in [0.5, 0.6) is 0 Å². The first-order valence-corrected chi connectivity index (χ1v) is 17.7. The molecule has 0 bridgehead atoms. The van der Waals surface area contributed by atoms with Crippen LogP contribution in [0.3, 0.4) is 0 Å². The molecule has 1 amide bonds. The van der Waals surface area contributed by atoms with Crippen molar-refractivity contribution in [2.75, 3.05) is 19.8 Å². The molecule has 0 rings (SSSR count). The summed E-state index contributed by atoms with van der Waals surface area (Å²) in [5.74, 6) is -2.40. The van der Waals surface area contributed by atoms with Crippen molar-refractivity contribution in [1.82, 2.24) is 5.32 Å². The third-order valence-electron chi connectivity index (χ3n) is 6.80. The Morgan fingerprint density at radius 1 is 0.721 bits per heavy atom. The van der Waals surface area contributed by atoms with Crippen molar-refractivity contribution in [3.05, 3.63) is 12.2 Å². The number of phosphoric acid groups is 1. The number of rotatable bonds is 30. The molecule has 0 radical (unpaired) electrons. The second-order valence-corrected chi connectivity index (χ2v) is 12.5. The fourth-order valence-corrected chi connectivity index (χ4v) is 4.96. The van der Waals surface area contributed by atoms with Crippen LogP contribution < -0.4 is 5.32 Å². The molecule has 12 heteroatoms. The number of carbonyl (C=O) groups excluding carboxylic acids is 2. The highest BCUT2D eigenvalue weighted by molar-refractivity contribution is 7.47. The molecule has 4 N–H and O–H groups in total. The summed E-state index contributed by atoms with van der Waals surface area (Å²) in [6, 6.07) is -1.54. The molecule has 0 aromatic rings. The Morgan fingerprint density at radius 3 is 1.79 bits per heavy atom. The second kappa shape index (κ2) is 27.7. The maximum atomic E-state index is 12.2. The average Bonchev–Trinajstić information content (AvgIpc) is 2.97. The smallest absolute Gasteiger partial charge is 0.472 e. The van der Waals surface area contributed by atoms with Crippen molar-refractivity contribution in [3.63, 3.8) is 0 Å². The number of carbonyl (C=O) groups is 3. The summed E-state index contributed by atoms with van der Waals surface area (Å²) in [7, 11) is -4.73. The van der Waals surface area contributed by atoms with Crippen LogP contribution in [0.4, 0.5) is 0 Å². The molecule has 43 heavy (non-hydrogen) atoms. The lowest BCUT2D eigenvalue weighted by Gasteiger charge is -2.18. The molecular weight excluding hydrogens is 577 g/mol. The maximum absolute atomic E-state index is 12.2. The average molecular weight is 636 g/mol. The summed E-state index contributed by atoms with van der Waals surface area (Å²) >= 11 is 0. The Labute approximate surface area is 258 Å². The molecule has 252 valence electrons. The predicted molar refractivity (Wildman–Crippen MR) is 166 cm³/mol. The first-order chi connectivity index (χ1) is 20.6. The highest BCUT2D eigenvalue weighted by Gasteiger charge is 2.28. The fraction of sp³-hybridized carbons (Fsp3) is 0.839. The van der Waals surface area contributed by atoms with Crippen molar-refractivity contribution in [2.45, 2.75) is 148 Å². The van der Waals surface area contributed by atoms with E-state index in [0.717, 1.165) is 57.8 Å². The Kier molecular flexibility index (Phi) is 26.6. The Hall–Kier alpha value is -1.78. The number of aliphatic carboxylic acids is 1. The van der Waals surface area contributed by atoms with Gasteiger partial charge in [-0.25, -0.2) is 9.36 Å². The number of esters is 1. The zero-order valence-corrected chi connectivity index (χ0v) is 27.4. The number of aliphatic hydroxyl groups is 1. The Morgan fingerprint density at radius 2 is 1.21 bits per heavy atom. The van der Waals surface area contributed by atoms with E-state index in [1.54, 1.807) is 0 Å². The minimum atomic E-state index is -4.73. The minimum absolute atomic E-state index is 0.138. The van der Waals surface area contributed by atoms with E-state index in [1.165, 1.54) is 38.5 Å². The molecule has 0 aliphatic carbocycles. The lowest BCUT2D eigenvalue weighted by atomic mass is 10.1. The minimum Gasteiger partial charge on any atom is -0.480 e. The van der Waals surface area contributed by atoms with E-state index in [2.05, 4.69) is 35.8 Å². The van der Waals surface area contributed by atoms with Gasteiger partial charge in [-0.05, 0) is 38.5 Å². The molecule has 0 aliphatic rings. The highest BCUT2D eigenvalue weighted by Crippen LogP contribution is 2.43. The van der Waals surface area contributed by atoms with Crippen LogP contribution in [0, 0.1) is 0 Å². The van der Waals surface area contributed by atoms with Crippen LogP contribution in [0.15, 0.2) is 12.2 Å². The number of nitrogens with one attached hydrogen (secondary N) is 1. The predicted octanol–water partition coefficient (Wildman–Crippen LogP) is 6.60. The SMILES string of the molecule is CCCCCCCC/C=C\CCCCCCCC(=O)NC(COP(=O)(O)OCC(O)COC(=O)CCCCCC)C(=O)O. The molecule has 0 aromatic carbocycles. The first-order valence-electron chi connectivity index (χ1n) is 16.2. The van der Waals surface area contributed by atoms with Crippen LogP contribution in [0.25, 0.3) is 0 Å². The summed E-state index contributed by atoms with van der Waals surface area (Å²) in [5, 5.41) is 21.5. The largest absolute Gasteiger partial charge is 0.480 e. The molecule has 0 spiro atoms. The van der Waals surface area contributed by atoms with Gasteiger partial charge in [0.2, 0.25) is 5.91 Å². The Bertz CT molecular complexity index is 807. The Balaban J connectivity index is 4.02. The van der Waals surface area contributed by atoms with E-state index in [1.807, 2.05) is 0 Å². The van der Waals surface area contributed by atoms with Gasteiger partial charge in [0.25, 0.3) is 0 Å². The quantitative estimate of drug-likeness (QED) is 0.0292. The molecule has 0 heterocycles. The van der Waals surface area contributed by atoms with E-state index < -0.39 is 57.6 Å². The molecule has 0 fully saturated rings. The van der Waals surface area contributed by atoms with Crippen molar-refractivity contribution in [2.24, 2.45) is 0 Å². The number of allylic oxidation sites excluding steroid dienone is 2. The van der Waals surface area contributed by atoms with E-state index in [-0.39, 0.29) is 12.8 Å². The standard InChI is InChI=1S/C31H58NO10P/c1-3-5-7-9-10-11-12-13-14-15-16-17-18-19-20-22-29(34)32-28(31(36)37)26-42-43(38,39)41-25-27(33)24-40-30(35)23-21-8-6-4-2/h13-14,27-28,33H,3-12,15-26H2,1-2H3,(H,32,34)(H,36,37)(H,38,39)/b14-13-. The van der Waals surface area contributed by atoms with Gasteiger partial charge in [-0.3, -0.25) is 18.6 Å². The lowest BCUT2D eigenvalue weighted by molar-refractivity contribution is -0.147. The van der Waals surface area contributed by atoms with Crippen LogP contribution in [-0.4, -0.2) is 64.9 Å². The van der Waals surface area contributed by atoms with Gasteiger partial charge in [-0.1, -0.05) is 96.6 Å². The molecule has 3 unspecified atom stereocenters. The number of hydrogen-bond donors (Lipinski definition) is 4. The first kappa shape index (κ1) is 41.2. The molecule has 0 saturated carbocycles. The number of hydrogen-bond acceptors (Lipinski definition) is 8. The third kappa shape index (κ3) is 27.5. The lowest BCUT2D eigenvalue weighted by Crippen LogP contribution is -2.43.